The molecule has 0 aromatic heterocycles. The first-order chi connectivity index (χ1) is 33.3. The van der Waals surface area contributed by atoms with Crippen LogP contribution in [-0.4, -0.2) is 4.90 Å². The third kappa shape index (κ3) is 61.1. The lowest BCUT2D eigenvalue weighted by atomic mass is 10.0. The van der Waals surface area contributed by atoms with Crippen molar-refractivity contribution < 1.29 is 0 Å². The van der Waals surface area contributed by atoms with Gasteiger partial charge >= 0.3 is 0 Å². The summed E-state index contributed by atoms with van der Waals surface area (Å²) in [6, 6.07) is 0. The fourth-order valence-electron chi connectivity index (χ4n) is 10.2. The van der Waals surface area contributed by atoms with Crippen molar-refractivity contribution in [1.82, 2.24) is 4.90 Å². The minimum Gasteiger partial charge on any atom is -0.332 e. The molecule has 0 aliphatic carbocycles. The van der Waals surface area contributed by atoms with Gasteiger partial charge in [-0.1, -0.05) is 366 Å². The summed E-state index contributed by atoms with van der Waals surface area (Å²) in [4.78, 5) is 2.36. The molecule has 0 saturated heterocycles. The molecule has 0 atom stereocenters. The van der Waals surface area contributed by atoms with Gasteiger partial charge in [-0.15, -0.1) is 0 Å². The lowest BCUT2D eigenvalue weighted by Gasteiger charge is -2.10. The second-order valence-corrected chi connectivity index (χ2v) is 22.0. The summed E-state index contributed by atoms with van der Waals surface area (Å²) in [6.07, 6.45) is 96.2. The summed E-state index contributed by atoms with van der Waals surface area (Å²) in [7, 11) is 0. The van der Waals surface area contributed by atoms with Gasteiger partial charge in [-0.25, -0.2) is 0 Å². The van der Waals surface area contributed by atoms with Crippen LogP contribution in [0.25, 0.3) is 0 Å². The Bertz CT molecular complexity index is 811. The lowest BCUT2D eigenvalue weighted by molar-refractivity contribution is 0.525. The Morgan fingerprint density at radius 1 is 0.164 bits per heavy atom. The first-order valence-corrected chi connectivity index (χ1v) is 32.1. The summed E-state index contributed by atoms with van der Waals surface area (Å²) in [5, 5.41) is 0. The molecule has 398 valence electrons. The van der Waals surface area contributed by atoms with E-state index in [-0.39, 0.29) is 0 Å². The van der Waals surface area contributed by atoms with E-state index >= 15 is 0 Å². The minimum atomic E-state index is 1.22. The molecule has 0 saturated carbocycles. The molecule has 0 aliphatic rings. The zero-order valence-corrected chi connectivity index (χ0v) is 47.2. The SMILES string of the molecule is CCCCCCCCCCCCCCCCCCCC/C=C/N(/C=C/CCCCCCCCCCCCCCCCCCCC)/C=C/CCCCCCCCCCCCCCCCCCCC. The molecule has 1 heteroatoms. The normalized spacial score (nSPS) is 12.0. The van der Waals surface area contributed by atoms with Crippen LogP contribution in [0, 0.1) is 0 Å². The van der Waals surface area contributed by atoms with Crippen LogP contribution >= 0.6 is 0 Å². The highest BCUT2D eigenvalue weighted by atomic mass is 15.1. The maximum absolute atomic E-state index is 2.44. The van der Waals surface area contributed by atoms with Crippen LogP contribution in [0.3, 0.4) is 0 Å². The zero-order chi connectivity index (χ0) is 48.1. The molecule has 0 heterocycles. The van der Waals surface area contributed by atoms with Crippen LogP contribution in [0.2, 0.25) is 0 Å². The molecule has 67 heavy (non-hydrogen) atoms. The highest BCUT2D eigenvalue weighted by Crippen LogP contribution is 2.18. The van der Waals surface area contributed by atoms with Crippen LogP contribution in [0.5, 0.6) is 0 Å². The molecular formula is C66H129N. The molecule has 1 nitrogen and oxygen atoms in total. The number of nitrogens with zero attached hydrogens (tertiary/aromatic N) is 1. The first-order valence-electron chi connectivity index (χ1n) is 32.1. The van der Waals surface area contributed by atoms with Crippen LogP contribution in [0.15, 0.2) is 36.8 Å². The van der Waals surface area contributed by atoms with E-state index in [1.165, 1.54) is 366 Å². The number of rotatable bonds is 60. The number of unbranched alkanes of at least 4 members (excludes halogenated alkanes) is 54. The standard InChI is InChI=1S/C66H129N/c1-4-7-10-13-16-19-22-25-28-31-34-37-40-43-46-49-52-55-58-61-64-67(65-62-59-56-53-50-47-44-41-38-35-32-29-26-23-20-17-14-11-8-5-2)66-63-60-57-54-51-48-45-42-39-36-33-30-27-24-21-18-15-12-9-6-3/h61-66H,4-60H2,1-3H3/b64-61+,65-62+,66-63+. The van der Waals surface area contributed by atoms with Gasteiger partial charge in [0.1, 0.15) is 0 Å². The summed E-state index contributed by atoms with van der Waals surface area (Å²) >= 11 is 0. The van der Waals surface area contributed by atoms with Gasteiger partial charge in [0, 0.05) is 18.6 Å². The Balaban J connectivity index is 4.14. The molecule has 0 amide bonds. The molecule has 0 bridgehead atoms. The van der Waals surface area contributed by atoms with E-state index in [2.05, 4.69) is 62.5 Å². The predicted molar refractivity (Wildman–Crippen MR) is 309 cm³/mol. The Morgan fingerprint density at radius 3 is 0.418 bits per heavy atom. The second-order valence-electron chi connectivity index (χ2n) is 22.0. The van der Waals surface area contributed by atoms with Crippen LogP contribution in [0.4, 0.5) is 0 Å². The summed E-state index contributed by atoms with van der Waals surface area (Å²) in [5.74, 6) is 0. The first kappa shape index (κ1) is 66.0. The molecule has 0 N–H and O–H groups in total. The van der Waals surface area contributed by atoms with Crippen molar-refractivity contribution in [2.75, 3.05) is 0 Å². The van der Waals surface area contributed by atoms with E-state index in [4.69, 9.17) is 0 Å². The highest BCUT2D eigenvalue weighted by molar-refractivity contribution is 4.99. The van der Waals surface area contributed by atoms with E-state index in [1.54, 1.807) is 0 Å². The van der Waals surface area contributed by atoms with Gasteiger partial charge in [0.15, 0.2) is 0 Å². The predicted octanol–water partition coefficient (Wildman–Crippen LogP) is 25.1. The van der Waals surface area contributed by atoms with E-state index in [0.29, 0.717) is 0 Å². The Kier molecular flexibility index (Phi) is 62.1. The van der Waals surface area contributed by atoms with Crippen molar-refractivity contribution in [2.24, 2.45) is 0 Å². The zero-order valence-electron chi connectivity index (χ0n) is 47.2. The molecule has 0 spiro atoms. The summed E-state index contributed by atoms with van der Waals surface area (Å²) < 4.78 is 0. The van der Waals surface area contributed by atoms with Crippen LogP contribution < -0.4 is 0 Å². The van der Waals surface area contributed by atoms with Crippen molar-refractivity contribution >= 4 is 0 Å². The van der Waals surface area contributed by atoms with Gasteiger partial charge in [0.25, 0.3) is 0 Å². The maximum Gasteiger partial charge on any atom is 0.00417 e. The van der Waals surface area contributed by atoms with E-state index < -0.39 is 0 Å². The Morgan fingerprint density at radius 2 is 0.284 bits per heavy atom. The topological polar surface area (TPSA) is 3.24 Å². The van der Waals surface area contributed by atoms with Crippen LogP contribution in [-0.2, 0) is 0 Å². The van der Waals surface area contributed by atoms with E-state index in [9.17, 15) is 0 Å². The van der Waals surface area contributed by atoms with Crippen molar-refractivity contribution in [3.8, 4) is 0 Å². The molecule has 0 rings (SSSR count). The highest BCUT2D eigenvalue weighted by Gasteiger charge is 1.99. The molecular weight excluding hydrogens is 807 g/mol. The molecule has 0 unspecified atom stereocenters. The smallest absolute Gasteiger partial charge is 0.00417 e. The maximum atomic E-state index is 2.44. The van der Waals surface area contributed by atoms with Gasteiger partial charge < -0.3 is 4.90 Å². The van der Waals surface area contributed by atoms with E-state index in [1.807, 2.05) is 0 Å². The van der Waals surface area contributed by atoms with E-state index in [0.717, 1.165) is 0 Å². The lowest BCUT2D eigenvalue weighted by Crippen LogP contribution is -1.99. The summed E-state index contributed by atoms with van der Waals surface area (Å²) in [5.41, 5.74) is 0. The van der Waals surface area contributed by atoms with Crippen molar-refractivity contribution in [1.29, 1.82) is 0 Å². The van der Waals surface area contributed by atoms with Gasteiger partial charge in [0.2, 0.25) is 0 Å². The van der Waals surface area contributed by atoms with Crippen molar-refractivity contribution in [2.45, 2.75) is 387 Å². The third-order valence-corrected chi connectivity index (χ3v) is 15.0. The van der Waals surface area contributed by atoms with Crippen LogP contribution in [0.1, 0.15) is 387 Å². The number of allylic oxidation sites excluding steroid dienone is 3. The quantitative estimate of drug-likeness (QED) is 0.0549. The Labute approximate surface area is 426 Å². The van der Waals surface area contributed by atoms with Gasteiger partial charge in [-0.05, 0) is 38.5 Å². The average molecular weight is 937 g/mol. The third-order valence-electron chi connectivity index (χ3n) is 15.0. The molecule has 0 aromatic carbocycles. The van der Waals surface area contributed by atoms with Crippen molar-refractivity contribution in [3.63, 3.8) is 0 Å². The molecule has 0 fully saturated rings. The number of hydrogen-bond donors (Lipinski definition) is 0. The molecule has 0 aliphatic heterocycles. The largest absolute Gasteiger partial charge is 0.332 e. The second kappa shape index (κ2) is 63.0. The number of hydrogen-bond acceptors (Lipinski definition) is 1. The average Bonchev–Trinajstić information content (AvgIpc) is 3.34. The molecule has 0 radical (unpaired) electrons. The summed E-state index contributed by atoms with van der Waals surface area (Å²) in [6.45, 7) is 6.94. The van der Waals surface area contributed by atoms with Gasteiger partial charge in [-0.2, -0.15) is 0 Å². The fourth-order valence-corrected chi connectivity index (χ4v) is 10.2. The fraction of sp³-hybridized carbons (Fsp3) is 0.909. The van der Waals surface area contributed by atoms with Gasteiger partial charge in [0.05, 0.1) is 0 Å². The Hall–Kier alpha value is -0.980. The minimum absolute atomic E-state index is 1.22. The monoisotopic (exact) mass is 936 g/mol. The molecule has 0 aromatic rings. The van der Waals surface area contributed by atoms with Gasteiger partial charge in [-0.3, -0.25) is 0 Å². The van der Waals surface area contributed by atoms with Crippen molar-refractivity contribution in [3.05, 3.63) is 36.8 Å².